The van der Waals surface area contributed by atoms with Gasteiger partial charge in [0.2, 0.25) is 0 Å². The van der Waals surface area contributed by atoms with Crippen molar-refractivity contribution >= 4 is 37.4 Å². The second-order valence-electron chi connectivity index (χ2n) is 24.2. The lowest BCUT2D eigenvalue weighted by atomic mass is 9.80. The van der Waals surface area contributed by atoms with E-state index in [9.17, 15) is 0 Å². The van der Waals surface area contributed by atoms with Crippen molar-refractivity contribution in [1.82, 2.24) is 0 Å². The van der Waals surface area contributed by atoms with Crippen molar-refractivity contribution in [1.29, 1.82) is 0 Å². The van der Waals surface area contributed by atoms with E-state index in [2.05, 4.69) is 224 Å². The monoisotopic (exact) mass is 1100 g/mol. The molecule has 0 amide bonds. The van der Waals surface area contributed by atoms with E-state index < -0.39 is 16.6 Å². The quantitative estimate of drug-likeness (QED) is 0.0915. The fourth-order valence-corrected chi connectivity index (χ4v) is 23.0. The van der Waals surface area contributed by atoms with Crippen molar-refractivity contribution in [3.8, 4) is 0 Å². The molecule has 6 aromatic rings. The summed E-state index contributed by atoms with van der Waals surface area (Å²) in [5.41, 5.74) is 3.18. The summed E-state index contributed by atoms with van der Waals surface area (Å²) in [4.78, 5) is 13.2. The molecule has 4 aliphatic heterocycles. The largest absolute Gasteiger partial charge is 1.00 e. The summed E-state index contributed by atoms with van der Waals surface area (Å²) < 4.78 is 14.3. The first-order valence-corrected chi connectivity index (χ1v) is 32.4. The maximum atomic E-state index is 7.16. The number of hydroxylamine groups is 4. The molecule has 10 rings (SSSR count). The average molecular weight is 1100 g/mol. The Balaban J connectivity index is 0.000000216. The molecule has 4 aliphatic rings. The van der Waals surface area contributed by atoms with Gasteiger partial charge in [0.05, 0.1) is 0 Å². The predicted molar refractivity (Wildman–Crippen MR) is 309 cm³/mol. The summed E-state index contributed by atoms with van der Waals surface area (Å²) in [5.74, 6) is 0. The van der Waals surface area contributed by atoms with Gasteiger partial charge in [-0.2, -0.15) is 19.8 Å². The highest BCUT2D eigenvalue weighted by Gasteiger charge is 2.55. The van der Waals surface area contributed by atoms with E-state index in [4.69, 9.17) is 18.5 Å². The first kappa shape index (κ1) is 59.7. The Morgan fingerprint density at radius 2 is 0.711 bits per heavy atom. The number of quaternary nitrogens is 2. The van der Waals surface area contributed by atoms with Gasteiger partial charge >= 0.3 is 0 Å². The van der Waals surface area contributed by atoms with Gasteiger partial charge in [0.15, 0.2) is 0 Å². The van der Waals surface area contributed by atoms with Gasteiger partial charge in [0.25, 0.3) is 16.6 Å². The minimum atomic E-state index is -2.45. The van der Waals surface area contributed by atoms with Crippen LogP contribution in [0.15, 0.2) is 182 Å². The van der Waals surface area contributed by atoms with E-state index in [1.165, 1.54) is 106 Å². The number of piperidine rings is 2. The van der Waals surface area contributed by atoms with Crippen molar-refractivity contribution < 1.29 is 53.5 Å². The molecule has 10 heteroatoms. The number of rotatable bonds is 18. The standard InChI is InChI=1S/2C33H43NO2Si.2ClH/c2*1-32(2,3)37(29-19-9-5-10-20-29,30-21-11-6-12-22-30)35-26-16-14-24-33-23-13-15-25-34(33)36-31(27-33)28-17-7-4-8-18-28;;/h2*4-12,17-22,31H,13-16,23-27H2,1-3H3;2*1H/t2*31-,33-;;/m00../s1. The molecule has 2 N–H and O–H groups in total. The van der Waals surface area contributed by atoms with Gasteiger partial charge < -0.3 is 33.7 Å². The minimum Gasteiger partial charge on any atom is -1.00 e. The predicted octanol–water partition coefficient (Wildman–Crippen LogP) is 5.24. The van der Waals surface area contributed by atoms with Crippen LogP contribution < -0.4 is 55.7 Å². The summed E-state index contributed by atoms with van der Waals surface area (Å²) in [7, 11) is -4.90. The Hall–Kier alpha value is -3.91. The molecule has 4 saturated heterocycles. The van der Waals surface area contributed by atoms with Crippen molar-refractivity contribution in [3.05, 3.63) is 193 Å². The van der Waals surface area contributed by atoms with E-state index in [1.807, 2.05) is 0 Å². The highest BCUT2D eigenvalue weighted by Crippen LogP contribution is 2.41. The molecule has 4 fully saturated rings. The summed E-state index contributed by atoms with van der Waals surface area (Å²) in [5, 5.41) is 8.30. The van der Waals surface area contributed by atoms with Gasteiger partial charge in [-0.3, -0.25) is 0 Å². The molecule has 76 heavy (non-hydrogen) atoms. The zero-order valence-electron chi connectivity index (χ0n) is 46.6. The van der Waals surface area contributed by atoms with E-state index in [0.717, 1.165) is 52.0 Å². The fourth-order valence-electron chi connectivity index (χ4n) is 13.8. The lowest BCUT2D eigenvalue weighted by Crippen LogP contribution is -3.18. The average Bonchev–Trinajstić information content (AvgIpc) is 4.02. The highest BCUT2D eigenvalue weighted by molar-refractivity contribution is 7.00. The Morgan fingerprint density at radius 1 is 0.421 bits per heavy atom. The van der Waals surface area contributed by atoms with Crippen LogP contribution in [0.5, 0.6) is 0 Å². The topological polar surface area (TPSA) is 45.8 Å². The molecule has 6 nitrogen and oxygen atoms in total. The molecule has 0 radical (unpaired) electrons. The number of unbranched alkanes of at least 4 members (excludes halogenated alkanes) is 2. The molecule has 4 heterocycles. The number of fused-ring (bicyclic) bond motifs is 2. The number of benzene rings is 6. The zero-order valence-corrected chi connectivity index (χ0v) is 50.1. The minimum absolute atomic E-state index is 0. The maximum Gasteiger partial charge on any atom is 0.261 e. The fraction of sp³-hybridized carbons (Fsp3) is 0.455. The second kappa shape index (κ2) is 26.8. The van der Waals surface area contributed by atoms with Crippen molar-refractivity contribution in [2.45, 2.75) is 165 Å². The first-order valence-electron chi connectivity index (χ1n) is 28.6. The Bertz CT molecular complexity index is 2350. The molecular weight excluding hydrogens is 1010 g/mol. The van der Waals surface area contributed by atoms with Crippen LogP contribution in [-0.4, -0.2) is 54.0 Å². The molecule has 0 bridgehead atoms. The first-order chi connectivity index (χ1) is 35.9. The number of hydrogen-bond acceptors (Lipinski definition) is 4. The lowest BCUT2D eigenvalue weighted by Gasteiger charge is -2.43. The maximum absolute atomic E-state index is 7.16. The van der Waals surface area contributed by atoms with Crippen LogP contribution in [-0.2, 0) is 18.5 Å². The third-order valence-corrected chi connectivity index (χ3v) is 27.5. The van der Waals surface area contributed by atoms with Crippen LogP contribution in [0.25, 0.3) is 0 Å². The van der Waals surface area contributed by atoms with Crippen LogP contribution in [0.3, 0.4) is 0 Å². The van der Waals surface area contributed by atoms with E-state index in [0.29, 0.717) is 0 Å². The van der Waals surface area contributed by atoms with Gasteiger partial charge in [0.1, 0.15) is 36.4 Å². The zero-order chi connectivity index (χ0) is 51.5. The van der Waals surface area contributed by atoms with Gasteiger partial charge in [-0.15, -0.1) is 0 Å². The SMILES string of the molecule is CC(C)(C)[Si](OCCCC[C@]12CCCC[NH+]1O[C@H](c1ccccc1)C2)(c1ccccc1)c1ccccc1.CC(C)(C)[Si](OCCCC[C@]12CCCC[NH+]1O[C@H](c1ccccc1)C2)(c1ccccc1)c1ccccc1.[Cl-].[Cl-]. The molecular formula is C66H88Cl2N2O4Si2. The van der Waals surface area contributed by atoms with E-state index in [1.54, 1.807) is 0 Å². The Kier molecular flexibility index (Phi) is 21.1. The van der Waals surface area contributed by atoms with Gasteiger partial charge in [-0.25, -0.2) is 0 Å². The van der Waals surface area contributed by atoms with E-state index in [-0.39, 0.29) is 58.2 Å². The second-order valence-corrected chi connectivity index (χ2v) is 32.8. The molecule has 0 saturated carbocycles. The molecule has 2 unspecified atom stereocenters. The van der Waals surface area contributed by atoms with Gasteiger partial charge in [-0.1, -0.05) is 224 Å². The lowest BCUT2D eigenvalue weighted by molar-refractivity contribution is -1.12. The summed E-state index contributed by atoms with van der Waals surface area (Å²) in [6.07, 6.45) is 17.5. The molecule has 408 valence electrons. The van der Waals surface area contributed by atoms with Crippen LogP contribution >= 0.6 is 0 Å². The highest BCUT2D eigenvalue weighted by atomic mass is 35.5. The molecule has 6 atom stereocenters. The molecule has 0 spiro atoms. The van der Waals surface area contributed by atoms with Gasteiger partial charge in [0, 0.05) is 51.7 Å². The van der Waals surface area contributed by atoms with Crippen molar-refractivity contribution in [2.75, 3.05) is 26.3 Å². The molecule has 0 aromatic heterocycles. The number of nitrogens with one attached hydrogen (secondary N) is 2. The Labute approximate surface area is 472 Å². The van der Waals surface area contributed by atoms with Crippen LogP contribution in [0.1, 0.15) is 155 Å². The Morgan fingerprint density at radius 3 is 1.00 bits per heavy atom. The van der Waals surface area contributed by atoms with Crippen LogP contribution in [0, 0.1) is 0 Å². The van der Waals surface area contributed by atoms with Crippen LogP contribution in [0.4, 0.5) is 0 Å². The van der Waals surface area contributed by atoms with Crippen molar-refractivity contribution in [3.63, 3.8) is 0 Å². The van der Waals surface area contributed by atoms with E-state index >= 15 is 0 Å². The van der Waals surface area contributed by atoms with Gasteiger partial charge in [-0.05, 0) is 93.3 Å². The third kappa shape index (κ3) is 13.1. The summed E-state index contributed by atoms with van der Waals surface area (Å²) >= 11 is 0. The summed E-state index contributed by atoms with van der Waals surface area (Å²) in [6.45, 7) is 18.1. The molecule has 0 aliphatic carbocycles. The number of hydrogen-bond donors (Lipinski definition) is 2. The van der Waals surface area contributed by atoms with Crippen LogP contribution in [0.2, 0.25) is 10.1 Å². The summed E-state index contributed by atoms with van der Waals surface area (Å²) in [6, 6.07) is 65.7. The smallest absolute Gasteiger partial charge is 0.261 e. The number of halogens is 2. The molecule has 6 aromatic carbocycles. The van der Waals surface area contributed by atoms with Crippen molar-refractivity contribution in [2.24, 2.45) is 0 Å². The third-order valence-electron chi connectivity index (χ3n) is 17.4. The normalized spacial score (nSPS) is 23.4.